The SMILES string of the molecule is Cc1ccc2[nH]c(O)c(N=N)c2c1. The second kappa shape index (κ2) is 2.58. The van der Waals surface area contributed by atoms with E-state index in [9.17, 15) is 5.11 Å². The molecule has 66 valence electrons. The average Bonchev–Trinajstić information content (AvgIpc) is 2.40. The lowest BCUT2D eigenvalue weighted by atomic mass is 10.2. The van der Waals surface area contributed by atoms with Gasteiger partial charge in [-0.1, -0.05) is 11.6 Å². The number of aryl methyl sites for hydroxylation is 1. The third-order valence-electron chi connectivity index (χ3n) is 2.02. The number of hydrogen-bond donors (Lipinski definition) is 3. The van der Waals surface area contributed by atoms with E-state index in [1.165, 1.54) is 0 Å². The van der Waals surface area contributed by atoms with Gasteiger partial charge in [0.05, 0.1) is 5.52 Å². The highest BCUT2D eigenvalue weighted by molar-refractivity contribution is 5.94. The monoisotopic (exact) mass is 175 g/mol. The molecule has 0 aliphatic rings. The minimum Gasteiger partial charge on any atom is -0.493 e. The van der Waals surface area contributed by atoms with Crippen molar-refractivity contribution in [2.75, 3.05) is 0 Å². The summed E-state index contributed by atoms with van der Waals surface area (Å²) in [6.07, 6.45) is 0. The molecule has 0 saturated carbocycles. The highest BCUT2D eigenvalue weighted by atomic mass is 16.3. The van der Waals surface area contributed by atoms with E-state index in [1.807, 2.05) is 25.1 Å². The molecule has 0 fully saturated rings. The Hall–Kier alpha value is -1.84. The number of hydrogen-bond acceptors (Lipinski definition) is 3. The molecule has 1 aromatic carbocycles. The molecule has 0 amide bonds. The molecule has 0 unspecified atom stereocenters. The van der Waals surface area contributed by atoms with Crippen LogP contribution in [0, 0.1) is 12.5 Å². The molecule has 13 heavy (non-hydrogen) atoms. The van der Waals surface area contributed by atoms with E-state index in [2.05, 4.69) is 10.1 Å². The Balaban J connectivity index is 2.88. The Kier molecular flexibility index (Phi) is 1.55. The Labute approximate surface area is 74.7 Å². The fourth-order valence-corrected chi connectivity index (χ4v) is 1.39. The average molecular weight is 175 g/mol. The summed E-state index contributed by atoms with van der Waals surface area (Å²) < 4.78 is 0. The molecule has 2 aromatic rings. The van der Waals surface area contributed by atoms with Crippen molar-refractivity contribution >= 4 is 16.6 Å². The predicted molar refractivity (Wildman–Crippen MR) is 49.5 cm³/mol. The minimum atomic E-state index is -0.0457. The van der Waals surface area contributed by atoms with Crippen LogP contribution in [0.5, 0.6) is 5.88 Å². The first kappa shape index (κ1) is 7.79. The predicted octanol–water partition coefficient (Wildman–Crippen LogP) is 2.84. The van der Waals surface area contributed by atoms with Crippen molar-refractivity contribution in [1.29, 1.82) is 5.53 Å². The maximum absolute atomic E-state index is 9.36. The van der Waals surface area contributed by atoms with Crippen LogP contribution in [-0.2, 0) is 0 Å². The normalized spacial score (nSPS) is 10.5. The summed E-state index contributed by atoms with van der Waals surface area (Å²) in [5, 5.41) is 13.4. The number of nitrogens with zero attached hydrogens (tertiary/aromatic N) is 1. The summed E-state index contributed by atoms with van der Waals surface area (Å²) >= 11 is 0. The molecule has 4 nitrogen and oxygen atoms in total. The molecule has 1 aromatic heterocycles. The van der Waals surface area contributed by atoms with Crippen molar-refractivity contribution in [3.8, 4) is 5.88 Å². The minimum absolute atomic E-state index is 0.0457. The maximum atomic E-state index is 9.36. The highest BCUT2D eigenvalue weighted by Crippen LogP contribution is 2.35. The first-order chi connectivity index (χ1) is 6.22. The molecule has 2 rings (SSSR count). The topological polar surface area (TPSA) is 72.2 Å². The van der Waals surface area contributed by atoms with Crippen LogP contribution in [0.25, 0.3) is 10.9 Å². The van der Waals surface area contributed by atoms with Crippen molar-refractivity contribution in [1.82, 2.24) is 4.98 Å². The van der Waals surface area contributed by atoms with Crippen molar-refractivity contribution in [3.05, 3.63) is 23.8 Å². The molecule has 0 spiro atoms. The summed E-state index contributed by atoms with van der Waals surface area (Å²) in [5.74, 6) is -0.0457. The number of aromatic amines is 1. The van der Waals surface area contributed by atoms with Crippen LogP contribution in [0.2, 0.25) is 0 Å². The zero-order valence-electron chi connectivity index (χ0n) is 7.13. The molecule has 0 saturated heterocycles. The molecule has 0 aliphatic carbocycles. The van der Waals surface area contributed by atoms with Gasteiger partial charge >= 0.3 is 0 Å². The first-order valence-electron chi connectivity index (χ1n) is 3.91. The number of nitrogens with one attached hydrogen (secondary N) is 2. The Morgan fingerprint density at radius 2 is 2.23 bits per heavy atom. The van der Waals surface area contributed by atoms with Gasteiger partial charge in [0.1, 0.15) is 0 Å². The lowest BCUT2D eigenvalue weighted by Crippen LogP contribution is -1.70. The lowest BCUT2D eigenvalue weighted by molar-refractivity contribution is 0.459. The van der Waals surface area contributed by atoms with Crippen LogP contribution in [-0.4, -0.2) is 10.1 Å². The Morgan fingerprint density at radius 1 is 1.46 bits per heavy atom. The summed E-state index contributed by atoms with van der Waals surface area (Å²) in [6.45, 7) is 1.96. The van der Waals surface area contributed by atoms with Gasteiger partial charge < -0.3 is 10.1 Å². The molecule has 3 N–H and O–H groups in total. The smallest absolute Gasteiger partial charge is 0.218 e. The fourth-order valence-electron chi connectivity index (χ4n) is 1.39. The first-order valence-corrected chi connectivity index (χ1v) is 3.91. The van der Waals surface area contributed by atoms with E-state index in [0.717, 1.165) is 16.5 Å². The third kappa shape index (κ3) is 1.07. The van der Waals surface area contributed by atoms with E-state index in [1.54, 1.807) is 0 Å². The van der Waals surface area contributed by atoms with Gasteiger partial charge in [0.25, 0.3) is 0 Å². The van der Waals surface area contributed by atoms with Crippen molar-refractivity contribution in [2.45, 2.75) is 6.92 Å². The number of benzene rings is 1. The quantitative estimate of drug-likeness (QED) is 0.573. The standard InChI is InChI=1S/C9H9N3O/c1-5-2-3-7-6(4-5)8(12-10)9(13)11-7/h2-4,10-11,13H,1H3. The van der Waals surface area contributed by atoms with Gasteiger partial charge in [-0.2, -0.15) is 5.11 Å². The molecular formula is C9H9N3O. The van der Waals surface area contributed by atoms with Crippen LogP contribution in [0.1, 0.15) is 5.56 Å². The lowest BCUT2D eigenvalue weighted by Gasteiger charge is -1.92. The largest absolute Gasteiger partial charge is 0.493 e. The number of rotatable bonds is 1. The van der Waals surface area contributed by atoms with Crippen LogP contribution in [0.15, 0.2) is 23.3 Å². The molecular weight excluding hydrogens is 166 g/mol. The van der Waals surface area contributed by atoms with Crippen molar-refractivity contribution in [3.63, 3.8) is 0 Å². The van der Waals surface area contributed by atoms with E-state index in [-0.39, 0.29) is 5.88 Å². The van der Waals surface area contributed by atoms with Gasteiger partial charge in [-0.25, -0.2) is 5.53 Å². The van der Waals surface area contributed by atoms with Crippen molar-refractivity contribution < 1.29 is 5.11 Å². The third-order valence-corrected chi connectivity index (χ3v) is 2.02. The van der Waals surface area contributed by atoms with Gasteiger partial charge in [0, 0.05) is 5.39 Å². The maximum Gasteiger partial charge on any atom is 0.218 e. The molecule has 0 aliphatic heterocycles. The molecule has 1 heterocycles. The summed E-state index contributed by atoms with van der Waals surface area (Å²) in [5.41, 5.74) is 9.08. The van der Waals surface area contributed by atoms with E-state index in [4.69, 9.17) is 5.53 Å². The van der Waals surface area contributed by atoms with Gasteiger partial charge in [0.15, 0.2) is 5.69 Å². The number of fused-ring (bicyclic) bond motifs is 1. The number of aromatic nitrogens is 1. The molecule has 0 atom stereocenters. The van der Waals surface area contributed by atoms with E-state index in [0.29, 0.717) is 5.69 Å². The Bertz CT molecular complexity index is 473. The van der Waals surface area contributed by atoms with Crippen LogP contribution in [0.3, 0.4) is 0 Å². The molecule has 0 radical (unpaired) electrons. The van der Waals surface area contributed by atoms with Gasteiger partial charge in [-0.15, -0.1) is 0 Å². The fraction of sp³-hybridized carbons (Fsp3) is 0.111. The number of aromatic hydroxyl groups is 1. The molecule has 0 bridgehead atoms. The van der Waals surface area contributed by atoms with Crippen LogP contribution in [0.4, 0.5) is 5.69 Å². The second-order valence-electron chi connectivity index (χ2n) is 2.98. The van der Waals surface area contributed by atoms with Crippen LogP contribution < -0.4 is 0 Å². The highest BCUT2D eigenvalue weighted by Gasteiger charge is 2.08. The summed E-state index contributed by atoms with van der Waals surface area (Å²) in [4.78, 5) is 2.75. The van der Waals surface area contributed by atoms with E-state index < -0.39 is 0 Å². The van der Waals surface area contributed by atoms with E-state index >= 15 is 0 Å². The number of H-pyrrole nitrogens is 1. The second-order valence-corrected chi connectivity index (χ2v) is 2.98. The van der Waals surface area contributed by atoms with Gasteiger partial charge in [-0.05, 0) is 19.1 Å². The Morgan fingerprint density at radius 3 is 2.92 bits per heavy atom. The van der Waals surface area contributed by atoms with Crippen molar-refractivity contribution in [2.24, 2.45) is 5.11 Å². The van der Waals surface area contributed by atoms with Crippen LogP contribution >= 0.6 is 0 Å². The molecule has 4 heteroatoms. The summed E-state index contributed by atoms with van der Waals surface area (Å²) in [6, 6.07) is 5.68. The zero-order valence-corrected chi connectivity index (χ0v) is 7.13. The van der Waals surface area contributed by atoms with Gasteiger partial charge in [0.2, 0.25) is 5.88 Å². The summed E-state index contributed by atoms with van der Waals surface area (Å²) in [7, 11) is 0. The van der Waals surface area contributed by atoms with Gasteiger partial charge in [-0.3, -0.25) is 0 Å². The zero-order chi connectivity index (χ0) is 9.42.